The lowest BCUT2D eigenvalue weighted by Crippen LogP contribution is -2.52. The molecule has 12 nitrogen and oxygen atoms in total. The number of amides is 4. The number of rotatable bonds is 23. The molecule has 0 radical (unpaired) electrons. The molecule has 4 amide bonds. The number of carbonyl (C=O) groups excluding carboxylic acids is 4. The molecule has 4 N–H and O–H groups in total. The van der Waals surface area contributed by atoms with Gasteiger partial charge in [0, 0.05) is 62.5 Å². The van der Waals surface area contributed by atoms with Gasteiger partial charge in [-0.3, -0.25) is 19.2 Å². The van der Waals surface area contributed by atoms with E-state index in [1.165, 1.54) is 0 Å². The van der Waals surface area contributed by atoms with Gasteiger partial charge < -0.3 is 35.3 Å². The zero-order chi connectivity index (χ0) is 36.7. The minimum Gasteiger partial charge on any atom is -0.350 e. The van der Waals surface area contributed by atoms with E-state index < -0.39 is 14.1 Å². The highest BCUT2D eigenvalue weighted by Crippen LogP contribution is 2.49. The highest BCUT2D eigenvalue weighted by Gasteiger charge is 2.38. The first-order valence-corrected chi connectivity index (χ1v) is 18.3. The molecule has 0 bridgehead atoms. The summed E-state index contributed by atoms with van der Waals surface area (Å²) in [6.45, 7) is 9.20. The second-order valence-corrected chi connectivity index (χ2v) is 14.1. The molecular formula is C36H57N6O6P. The Balaban J connectivity index is 3.14. The van der Waals surface area contributed by atoms with Gasteiger partial charge in [-0.1, -0.05) is 17.8 Å². The average molecular weight is 701 g/mol. The first kappa shape index (κ1) is 43.6. The molecule has 1 rings (SSSR count). The third-order valence-electron chi connectivity index (χ3n) is 8.21. The van der Waals surface area contributed by atoms with Gasteiger partial charge in [0.2, 0.25) is 23.6 Å². The van der Waals surface area contributed by atoms with Crippen LogP contribution >= 0.6 is 8.53 Å². The summed E-state index contributed by atoms with van der Waals surface area (Å²) in [6.07, 6.45) is 21.6. The number of nitrogens with zero attached hydrogens (tertiary/aromatic N) is 2. The van der Waals surface area contributed by atoms with Crippen molar-refractivity contribution in [1.29, 1.82) is 0 Å². The summed E-state index contributed by atoms with van der Waals surface area (Å²) >= 11 is 0. The van der Waals surface area contributed by atoms with Crippen LogP contribution in [0.5, 0.6) is 0 Å². The first-order chi connectivity index (χ1) is 23.4. The van der Waals surface area contributed by atoms with Crippen molar-refractivity contribution in [1.82, 2.24) is 25.9 Å². The molecule has 1 atom stereocenters. The second-order valence-electron chi connectivity index (χ2n) is 12.7. The minimum absolute atomic E-state index is 0.0380. The quantitative estimate of drug-likeness (QED) is 0.0552. The van der Waals surface area contributed by atoms with E-state index in [-0.39, 0.29) is 106 Å². The minimum atomic E-state index is -1.32. The Morgan fingerprint density at radius 1 is 0.837 bits per heavy atom. The molecule has 1 unspecified atom stereocenters. The van der Waals surface area contributed by atoms with Gasteiger partial charge in [-0.2, -0.15) is 0 Å². The van der Waals surface area contributed by atoms with Gasteiger partial charge >= 0.3 is 0 Å². The molecule has 0 aliphatic heterocycles. The molecule has 1 aliphatic rings. The van der Waals surface area contributed by atoms with Crippen molar-refractivity contribution in [3.63, 3.8) is 0 Å². The molecule has 0 aromatic carbocycles. The van der Waals surface area contributed by atoms with Gasteiger partial charge in [0.25, 0.3) is 8.53 Å². The van der Waals surface area contributed by atoms with Crippen LogP contribution in [0.15, 0.2) is 4.99 Å². The first-order valence-electron chi connectivity index (χ1n) is 17.1. The number of carbonyl (C=O) groups is 4. The van der Waals surface area contributed by atoms with E-state index in [1.54, 1.807) is 7.05 Å². The molecular weight excluding hydrogens is 643 g/mol. The topological polar surface area (TPSA) is 150 Å². The average Bonchev–Trinajstić information content (AvgIpc) is 3.07. The molecule has 0 aromatic rings. The fourth-order valence-electron chi connectivity index (χ4n) is 5.69. The lowest BCUT2D eigenvalue weighted by atomic mass is 9.81. The normalized spacial score (nSPS) is 16.8. The van der Waals surface area contributed by atoms with Crippen molar-refractivity contribution in [2.24, 2.45) is 10.9 Å². The van der Waals surface area contributed by atoms with Crippen LogP contribution in [-0.4, -0.2) is 91.5 Å². The summed E-state index contributed by atoms with van der Waals surface area (Å²) in [6, 6.07) is 0.439. The summed E-state index contributed by atoms with van der Waals surface area (Å²) in [5.74, 6) is 5.76. The SMILES string of the molecule is C#CCNC(=O)CCC(CCC(=O)NCC#C)(CCC(=O)NCC#C)NC(=O)[C@H]1CC[C@H](OP(OCC/C=N/C)N(C(C)C)C(C)C)CC1. The molecule has 1 fully saturated rings. The summed E-state index contributed by atoms with van der Waals surface area (Å²) < 4.78 is 15.1. The summed E-state index contributed by atoms with van der Waals surface area (Å²) in [4.78, 5) is 55.7. The van der Waals surface area contributed by atoms with Crippen LogP contribution in [0.25, 0.3) is 0 Å². The predicted octanol–water partition coefficient (Wildman–Crippen LogP) is 3.46. The van der Waals surface area contributed by atoms with Crippen LogP contribution in [0.3, 0.4) is 0 Å². The van der Waals surface area contributed by atoms with Gasteiger partial charge in [-0.15, -0.1) is 19.3 Å². The Morgan fingerprint density at radius 2 is 1.29 bits per heavy atom. The molecule has 0 aromatic heterocycles. The van der Waals surface area contributed by atoms with Crippen LogP contribution in [0.4, 0.5) is 0 Å². The summed E-state index contributed by atoms with van der Waals surface area (Å²) in [7, 11) is 0.415. The second kappa shape index (κ2) is 24.6. The number of hydrogen-bond donors (Lipinski definition) is 4. The molecule has 1 aliphatic carbocycles. The van der Waals surface area contributed by atoms with Crippen LogP contribution in [0.1, 0.15) is 98.3 Å². The van der Waals surface area contributed by atoms with Gasteiger partial charge in [-0.05, 0) is 72.6 Å². The van der Waals surface area contributed by atoms with Gasteiger partial charge in [0.15, 0.2) is 0 Å². The van der Waals surface area contributed by atoms with E-state index in [0.29, 0.717) is 38.7 Å². The smallest absolute Gasteiger partial charge is 0.259 e. The molecule has 1 saturated carbocycles. The van der Waals surface area contributed by atoms with Crippen molar-refractivity contribution in [2.45, 2.75) is 122 Å². The molecule has 0 heterocycles. The van der Waals surface area contributed by atoms with Crippen molar-refractivity contribution < 1.29 is 28.2 Å². The van der Waals surface area contributed by atoms with Crippen molar-refractivity contribution in [3.8, 4) is 37.0 Å². The largest absolute Gasteiger partial charge is 0.350 e. The number of terminal acetylenes is 3. The Hall–Kier alpha value is -3.46. The van der Waals surface area contributed by atoms with E-state index in [2.05, 4.69) is 76.4 Å². The van der Waals surface area contributed by atoms with Gasteiger partial charge in [0.1, 0.15) is 0 Å². The van der Waals surface area contributed by atoms with E-state index in [4.69, 9.17) is 28.3 Å². The maximum Gasteiger partial charge on any atom is 0.259 e. The highest BCUT2D eigenvalue weighted by molar-refractivity contribution is 7.44. The third kappa shape index (κ3) is 17.7. The van der Waals surface area contributed by atoms with Crippen LogP contribution in [-0.2, 0) is 28.2 Å². The Bertz CT molecular complexity index is 1100. The monoisotopic (exact) mass is 700 g/mol. The summed E-state index contributed by atoms with van der Waals surface area (Å²) in [5.41, 5.74) is -1.03. The van der Waals surface area contributed by atoms with E-state index in [1.807, 2.05) is 6.21 Å². The van der Waals surface area contributed by atoms with Gasteiger partial charge in [-0.25, -0.2) is 4.67 Å². The Kier molecular flexibility index (Phi) is 21.9. The van der Waals surface area contributed by atoms with E-state index in [9.17, 15) is 19.2 Å². The maximum atomic E-state index is 13.9. The number of hydrogen-bond acceptors (Lipinski definition) is 8. The van der Waals surface area contributed by atoms with Crippen LogP contribution < -0.4 is 21.3 Å². The fourth-order valence-corrected chi connectivity index (χ4v) is 7.48. The number of aliphatic imine (C=N–C) groups is 1. The van der Waals surface area contributed by atoms with Crippen molar-refractivity contribution in [3.05, 3.63) is 0 Å². The van der Waals surface area contributed by atoms with E-state index >= 15 is 0 Å². The lowest BCUT2D eigenvalue weighted by molar-refractivity contribution is -0.131. The van der Waals surface area contributed by atoms with Crippen LogP contribution in [0, 0.1) is 42.9 Å². The zero-order valence-electron chi connectivity index (χ0n) is 30.0. The fraction of sp³-hybridized carbons (Fsp3) is 0.694. The molecule has 0 saturated heterocycles. The standard InChI is InChI=1S/C36H57N6O6P/c1-9-23-38-32(43)17-20-36(21-18-33(44)39-24-10-2,22-19-34(45)40-25-11-3)41-35(46)30-13-15-31(16-14-30)48-49(47-27-12-26-37-8)42(28(4)5)29(6)7/h1-3,26,28-31H,12-25,27H2,4-8H3,(H,38,43)(H,39,44)(H,40,45)(H,41,46)/b37-26+/t30-,31-,49?. The predicted molar refractivity (Wildman–Crippen MR) is 195 cm³/mol. The molecule has 272 valence electrons. The van der Waals surface area contributed by atoms with Crippen molar-refractivity contribution >= 4 is 38.4 Å². The number of nitrogens with one attached hydrogen (secondary N) is 4. The van der Waals surface area contributed by atoms with Gasteiger partial charge in [0.05, 0.1) is 32.3 Å². The van der Waals surface area contributed by atoms with E-state index in [0.717, 1.165) is 0 Å². The third-order valence-corrected chi connectivity index (χ3v) is 10.4. The Morgan fingerprint density at radius 3 is 1.67 bits per heavy atom. The zero-order valence-corrected chi connectivity index (χ0v) is 30.9. The maximum absolute atomic E-state index is 13.9. The molecule has 0 spiro atoms. The molecule has 49 heavy (non-hydrogen) atoms. The summed E-state index contributed by atoms with van der Waals surface area (Å²) in [5, 5.41) is 11.1. The highest BCUT2D eigenvalue weighted by atomic mass is 31.2. The lowest BCUT2D eigenvalue weighted by Gasteiger charge is -2.39. The Labute approximate surface area is 295 Å². The van der Waals surface area contributed by atoms with Crippen LogP contribution in [0.2, 0.25) is 0 Å². The molecule has 13 heteroatoms. The van der Waals surface area contributed by atoms with Crippen molar-refractivity contribution in [2.75, 3.05) is 33.3 Å².